The number of carbonyl (C=O) groups is 1. The molecule has 0 aliphatic carbocycles. The fraction of sp³-hybridized carbons (Fsp3) is 0.100. The molecule has 0 atom stereocenters. The molecule has 13 heavy (non-hydrogen) atoms. The summed E-state index contributed by atoms with van der Waals surface area (Å²) >= 11 is 5.74. The molecule has 0 N–H and O–H groups in total. The summed E-state index contributed by atoms with van der Waals surface area (Å²) in [4.78, 5) is 9.91. The van der Waals surface area contributed by atoms with Crippen LogP contribution >= 0.6 is 11.6 Å². The van der Waals surface area contributed by atoms with Crippen LogP contribution in [0, 0.1) is 24.6 Å². The summed E-state index contributed by atoms with van der Waals surface area (Å²) in [7, 11) is 0. The molecule has 0 heterocycles. The summed E-state index contributed by atoms with van der Waals surface area (Å²) < 4.78 is 13.1. The van der Waals surface area contributed by atoms with E-state index in [1.54, 1.807) is 6.92 Å². The third-order valence-electron chi connectivity index (χ3n) is 1.51. The van der Waals surface area contributed by atoms with Crippen molar-refractivity contribution in [1.29, 1.82) is 0 Å². The quantitative estimate of drug-likeness (QED) is 0.460. The van der Waals surface area contributed by atoms with Gasteiger partial charge in [-0.3, -0.25) is 4.79 Å². The molecule has 0 amide bonds. The van der Waals surface area contributed by atoms with Gasteiger partial charge in [0, 0.05) is 5.02 Å². The zero-order chi connectivity index (χ0) is 9.84. The van der Waals surface area contributed by atoms with E-state index in [9.17, 15) is 9.18 Å². The highest BCUT2D eigenvalue weighted by Crippen LogP contribution is 2.19. The Hall–Kier alpha value is -1.33. The van der Waals surface area contributed by atoms with Gasteiger partial charge in [0.15, 0.2) is 6.29 Å². The molecular weight excluding hydrogens is 191 g/mol. The number of rotatable bonds is 0. The van der Waals surface area contributed by atoms with Crippen molar-refractivity contribution in [2.75, 3.05) is 0 Å². The lowest BCUT2D eigenvalue weighted by Crippen LogP contribution is -1.86. The minimum Gasteiger partial charge on any atom is -0.289 e. The number of aryl methyl sites for hydroxylation is 1. The van der Waals surface area contributed by atoms with E-state index >= 15 is 0 Å². The van der Waals surface area contributed by atoms with Crippen molar-refractivity contribution in [3.05, 3.63) is 34.1 Å². The molecule has 1 aromatic carbocycles. The second-order valence-electron chi connectivity index (χ2n) is 2.47. The van der Waals surface area contributed by atoms with Crippen LogP contribution in [0.4, 0.5) is 4.39 Å². The Kier molecular flexibility index (Phi) is 3.05. The average molecular weight is 197 g/mol. The fourth-order valence-corrected chi connectivity index (χ4v) is 1.01. The van der Waals surface area contributed by atoms with Gasteiger partial charge in [0.1, 0.15) is 5.82 Å². The predicted molar refractivity (Wildman–Crippen MR) is 49.1 cm³/mol. The van der Waals surface area contributed by atoms with Gasteiger partial charge in [0.25, 0.3) is 0 Å². The molecule has 0 radical (unpaired) electrons. The van der Waals surface area contributed by atoms with Crippen LogP contribution in [0.2, 0.25) is 5.02 Å². The third kappa shape index (κ3) is 2.30. The lowest BCUT2D eigenvalue weighted by atomic mass is 10.1. The van der Waals surface area contributed by atoms with Crippen molar-refractivity contribution >= 4 is 17.9 Å². The molecule has 0 fully saturated rings. The number of aldehydes is 1. The lowest BCUT2D eigenvalue weighted by molar-refractivity contribution is -0.103. The van der Waals surface area contributed by atoms with Gasteiger partial charge in [0.2, 0.25) is 0 Å². The second-order valence-corrected chi connectivity index (χ2v) is 2.88. The minimum absolute atomic E-state index is 0.141. The first-order chi connectivity index (χ1) is 6.15. The standard InChI is InChI=1S/C10H6ClFO/c1-7-5-10(12)8(3-2-4-13)6-9(7)11/h4-6H,1H3. The topological polar surface area (TPSA) is 17.1 Å². The first kappa shape index (κ1) is 9.76. The predicted octanol–water partition coefficient (Wildman–Crippen LogP) is 2.34. The molecule has 0 bridgehead atoms. The highest BCUT2D eigenvalue weighted by atomic mass is 35.5. The Morgan fingerprint density at radius 1 is 1.54 bits per heavy atom. The lowest BCUT2D eigenvalue weighted by Gasteiger charge is -1.99. The van der Waals surface area contributed by atoms with Crippen molar-refractivity contribution < 1.29 is 9.18 Å². The zero-order valence-electron chi connectivity index (χ0n) is 6.90. The molecule has 0 aliphatic heterocycles. The molecule has 66 valence electrons. The number of hydrogen-bond acceptors (Lipinski definition) is 1. The second kappa shape index (κ2) is 4.06. The van der Waals surface area contributed by atoms with E-state index in [0.717, 1.165) is 0 Å². The van der Waals surface area contributed by atoms with Crippen molar-refractivity contribution in [1.82, 2.24) is 0 Å². The molecule has 0 spiro atoms. The zero-order valence-corrected chi connectivity index (χ0v) is 7.65. The van der Waals surface area contributed by atoms with Gasteiger partial charge in [0.05, 0.1) is 5.56 Å². The van der Waals surface area contributed by atoms with Crippen LogP contribution in [-0.2, 0) is 4.79 Å². The Morgan fingerprint density at radius 3 is 2.85 bits per heavy atom. The molecule has 0 aliphatic rings. The first-order valence-electron chi connectivity index (χ1n) is 3.56. The van der Waals surface area contributed by atoms with Crippen molar-refractivity contribution in [2.24, 2.45) is 0 Å². The van der Waals surface area contributed by atoms with Gasteiger partial charge in [-0.25, -0.2) is 4.39 Å². The highest BCUT2D eigenvalue weighted by molar-refractivity contribution is 6.31. The average Bonchev–Trinajstić information content (AvgIpc) is 2.09. The first-order valence-corrected chi connectivity index (χ1v) is 3.94. The van der Waals surface area contributed by atoms with Gasteiger partial charge in [-0.15, -0.1) is 0 Å². The van der Waals surface area contributed by atoms with E-state index < -0.39 is 5.82 Å². The monoisotopic (exact) mass is 196 g/mol. The number of benzene rings is 1. The fourth-order valence-electron chi connectivity index (χ4n) is 0.849. The number of halogens is 2. The van der Waals surface area contributed by atoms with E-state index in [1.165, 1.54) is 12.1 Å². The molecule has 0 unspecified atom stereocenters. The maximum atomic E-state index is 13.1. The van der Waals surface area contributed by atoms with E-state index in [1.807, 2.05) is 0 Å². The van der Waals surface area contributed by atoms with Gasteiger partial charge in [-0.05, 0) is 30.5 Å². The maximum Gasteiger partial charge on any atom is 0.193 e. The SMILES string of the molecule is Cc1cc(F)c(C#CC=O)cc1Cl. The molecular formula is C10H6ClFO. The molecule has 3 heteroatoms. The largest absolute Gasteiger partial charge is 0.289 e. The van der Waals surface area contributed by atoms with Crippen LogP contribution in [0.25, 0.3) is 0 Å². The van der Waals surface area contributed by atoms with Gasteiger partial charge >= 0.3 is 0 Å². The summed E-state index contributed by atoms with van der Waals surface area (Å²) in [6.45, 7) is 1.70. The van der Waals surface area contributed by atoms with Crippen LogP contribution in [-0.4, -0.2) is 6.29 Å². The smallest absolute Gasteiger partial charge is 0.193 e. The summed E-state index contributed by atoms with van der Waals surface area (Å²) in [6.07, 6.45) is 0.410. The van der Waals surface area contributed by atoms with Crippen LogP contribution in [0.3, 0.4) is 0 Å². The normalized spacial score (nSPS) is 8.85. The highest BCUT2D eigenvalue weighted by Gasteiger charge is 2.02. The molecule has 0 saturated heterocycles. The summed E-state index contributed by atoms with van der Waals surface area (Å²) in [5.41, 5.74) is 0.790. The third-order valence-corrected chi connectivity index (χ3v) is 1.92. The van der Waals surface area contributed by atoms with E-state index in [4.69, 9.17) is 11.6 Å². The van der Waals surface area contributed by atoms with Crippen LogP contribution < -0.4 is 0 Å². The van der Waals surface area contributed by atoms with Crippen LogP contribution in [0.1, 0.15) is 11.1 Å². The van der Waals surface area contributed by atoms with Gasteiger partial charge in [-0.1, -0.05) is 17.5 Å². The number of carbonyl (C=O) groups excluding carboxylic acids is 1. The van der Waals surface area contributed by atoms with E-state index in [-0.39, 0.29) is 5.56 Å². The maximum absolute atomic E-state index is 13.1. The summed E-state index contributed by atoms with van der Waals surface area (Å²) in [5.74, 6) is 4.01. The Balaban J connectivity index is 3.23. The molecule has 1 aromatic rings. The molecule has 0 saturated carbocycles. The van der Waals surface area contributed by atoms with Gasteiger partial charge < -0.3 is 0 Å². The molecule has 1 nitrogen and oxygen atoms in total. The van der Waals surface area contributed by atoms with E-state index in [2.05, 4.69) is 11.8 Å². The summed E-state index contributed by atoms with van der Waals surface area (Å²) in [5, 5.41) is 0.441. The van der Waals surface area contributed by atoms with E-state index in [0.29, 0.717) is 16.9 Å². The number of hydrogen-bond donors (Lipinski definition) is 0. The molecule has 1 rings (SSSR count). The minimum atomic E-state index is -0.462. The summed E-state index contributed by atoms with van der Waals surface area (Å²) in [6, 6.07) is 2.69. The van der Waals surface area contributed by atoms with Crippen LogP contribution in [0.5, 0.6) is 0 Å². The molecule has 0 aromatic heterocycles. The van der Waals surface area contributed by atoms with Crippen molar-refractivity contribution in [2.45, 2.75) is 6.92 Å². The van der Waals surface area contributed by atoms with Crippen molar-refractivity contribution in [3.8, 4) is 11.8 Å². The Bertz CT molecular complexity index is 401. The Labute approximate surface area is 80.5 Å². The van der Waals surface area contributed by atoms with Crippen molar-refractivity contribution in [3.63, 3.8) is 0 Å². The van der Waals surface area contributed by atoms with Crippen LogP contribution in [0.15, 0.2) is 12.1 Å². The van der Waals surface area contributed by atoms with Gasteiger partial charge in [-0.2, -0.15) is 0 Å². The Morgan fingerprint density at radius 2 is 2.23 bits per heavy atom.